The summed E-state index contributed by atoms with van der Waals surface area (Å²) >= 11 is 0. The molecule has 0 spiro atoms. The van der Waals surface area contributed by atoms with Crippen molar-refractivity contribution >= 4 is 22.6 Å². The molecule has 0 bridgehead atoms. The molecular weight excluding hydrogens is 379 g/mol. The number of carbonyl (C=O) groups excluding carboxylic acids is 1. The molecule has 1 aliphatic carbocycles. The molecule has 4 aromatic rings. The number of nitrogens with one attached hydrogen (secondary N) is 1. The zero-order valence-corrected chi connectivity index (χ0v) is 16.6. The number of aryl methyl sites for hydroxylation is 1. The Hall–Kier alpha value is -3.54. The summed E-state index contributed by atoms with van der Waals surface area (Å²) in [5.74, 6) is -0.286. The number of nitrogens with zero attached hydrogens (tertiary/aromatic N) is 3. The molecule has 2 heterocycles. The summed E-state index contributed by atoms with van der Waals surface area (Å²) in [7, 11) is 0. The van der Waals surface area contributed by atoms with Crippen molar-refractivity contribution in [2.24, 2.45) is 0 Å². The highest BCUT2D eigenvalue weighted by atomic mass is 19.1. The summed E-state index contributed by atoms with van der Waals surface area (Å²) in [4.78, 5) is 18.0. The lowest BCUT2D eigenvalue weighted by Gasteiger charge is -2.10. The largest absolute Gasteiger partial charge is 0.322 e. The van der Waals surface area contributed by atoms with E-state index in [-0.39, 0.29) is 5.91 Å². The Labute approximate surface area is 173 Å². The minimum atomic E-state index is -0.391. The molecule has 0 radical (unpaired) electrons. The molecule has 6 heteroatoms. The van der Waals surface area contributed by atoms with E-state index in [9.17, 15) is 9.18 Å². The molecule has 2 aromatic heterocycles. The van der Waals surface area contributed by atoms with Crippen LogP contribution in [0.2, 0.25) is 0 Å². The molecule has 150 valence electrons. The first-order valence-corrected chi connectivity index (χ1v) is 10.1. The van der Waals surface area contributed by atoms with Crippen LogP contribution in [0.1, 0.15) is 46.1 Å². The van der Waals surface area contributed by atoms with Crippen molar-refractivity contribution in [2.75, 3.05) is 5.32 Å². The lowest BCUT2D eigenvalue weighted by atomic mass is 10.1. The smallest absolute Gasteiger partial charge is 0.256 e. The number of amides is 1. The summed E-state index contributed by atoms with van der Waals surface area (Å²) < 4.78 is 15.4. The van der Waals surface area contributed by atoms with Gasteiger partial charge in [0.2, 0.25) is 0 Å². The molecule has 0 aliphatic heterocycles. The Balaban J connectivity index is 1.59. The van der Waals surface area contributed by atoms with Crippen molar-refractivity contribution < 1.29 is 9.18 Å². The molecule has 1 aliphatic rings. The van der Waals surface area contributed by atoms with Crippen molar-refractivity contribution in [1.82, 2.24) is 14.8 Å². The number of fused-ring (bicyclic) bond motifs is 1. The average Bonchev–Trinajstić information content (AvgIpc) is 3.54. The quantitative estimate of drug-likeness (QED) is 0.510. The van der Waals surface area contributed by atoms with Crippen molar-refractivity contribution in [3.63, 3.8) is 0 Å². The van der Waals surface area contributed by atoms with Gasteiger partial charge in [0, 0.05) is 17.3 Å². The van der Waals surface area contributed by atoms with Gasteiger partial charge in [0.1, 0.15) is 5.82 Å². The SMILES string of the molecule is Cc1nn(Cc2ccccc2)c2nc(C3CC3)cc(C(=O)Nc3cccc(F)c3)c12. The monoisotopic (exact) mass is 400 g/mol. The molecule has 2 aromatic carbocycles. The number of hydrogen-bond donors (Lipinski definition) is 1. The molecular formula is C24H21FN4O. The Kier molecular flexibility index (Phi) is 4.54. The topological polar surface area (TPSA) is 59.8 Å². The zero-order chi connectivity index (χ0) is 20.7. The van der Waals surface area contributed by atoms with Crippen molar-refractivity contribution in [3.8, 4) is 0 Å². The average molecular weight is 400 g/mol. The van der Waals surface area contributed by atoms with Gasteiger partial charge >= 0.3 is 0 Å². The standard InChI is InChI=1S/C24H21FN4O/c1-15-22-20(24(30)26-19-9-5-8-18(25)12-19)13-21(17-10-11-17)27-23(22)29(28-15)14-16-6-3-2-4-7-16/h2-9,12-13,17H,10-11,14H2,1H3,(H,26,30). The second kappa shape index (κ2) is 7.37. The number of aromatic nitrogens is 3. The second-order valence-corrected chi connectivity index (χ2v) is 7.76. The predicted octanol–water partition coefficient (Wildman–Crippen LogP) is 5.06. The van der Waals surface area contributed by atoms with Gasteiger partial charge in [-0.05, 0) is 49.6 Å². The van der Waals surface area contributed by atoms with Crippen LogP contribution in [0.4, 0.5) is 10.1 Å². The third-order valence-electron chi connectivity index (χ3n) is 5.40. The van der Waals surface area contributed by atoms with E-state index in [2.05, 4.69) is 10.4 Å². The molecule has 0 atom stereocenters. The zero-order valence-electron chi connectivity index (χ0n) is 16.6. The van der Waals surface area contributed by atoms with Crippen molar-refractivity contribution in [1.29, 1.82) is 0 Å². The summed E-state index contributed by atoms with van der Waals surface area (Å²) in [5.41, 5.74) is 4.45. The first kappa shape index (κ1) is 18.5. The molecule has 0 saturated heterocycles. The first-order valence-electron chi connectivity index (χ1n) is 10.1. The van der Waals surface area contributed by atoms with E-state index in [0.717, 1.165) is 35.2 Å². The van der Waals surface area contributed by atoms with E-state index in [0.29, 0.717) is 29.4 Å². The van der Waals surface area contributed by atoms with Gasteiger partial charge < -0.3 is 5.32 Å². The van der Waals surface area contributed by atoms with Gasteiger partial charge in [0.25, 0.3) is 5.91 Å². The fraction of sp³-hybridized carbons (Fsp3) is 0.208. The maximum absolute atomic E-state index is 13.6. The van der Waals surface area contributed by atoms with Crippen molar-refractivity contribution in [2.45, 2.75) is 32.2 Å². The number of hydrogen-bond acceptors (Lipinski definition) is 3. The van der Waals surface area contributed by atoms with E-state index in [1.165, 1.54) is 12.1 Å². The number of anilines is 1. The summed E-state index contributed by atoms with van der Waals surface area (Å²) in [6.07, 6.45) is 2.16. The van der Waals surface area contributed by atoms with Gasteiger partial charge in [-0.25, -0.2) is 14.1 Å². The van der Waals surface area contributed by atoms with Crippen LogP contribution >= 0.6 is 0 Å². The highest BCUT2D eigenvalue weighted by Gasteiger charge is 2.29. The highest BCUT2D eigenvalue weighted by Crippen LogP contribution is 2.40. The van der Waals surface area contributed by atoms with Gasteiger partial charge in [-0.2, -0.15) is 5.10 Å². The third-order valence-corrected chi connectivity index (χ3v) is 5.40. The normalized spacial score (nSPS) is 13.5. The van der Waals surface area contributed by atoms with Crippen LogP contribution in [-0.4, -0.2) is 20.7 Å². The van der Waals surface area contributed by atoms with Crippen LogP contribution in [0.25, 0.3) is 11.0 Å². The molecule has 0 unspecified atom stereocenters. The molecule has 1 amide bonds. The molecule has 1 fully saturated rings. The Morgan fingerprint density at radius 3 is 2.67 bits per heavy atom. The summed E-state index contributed by atoms with van der Waals surface area (Å²) in [5, 5.41) is 8.24. The van der Waals surface area contributed by atoms with Crippen LogP contribution in [0.3, 0.4) is 0 Å². The highest BCUT2D eigenvalue weighted by molar-refractivity contribution is 6.12. The minimum absolute atomic E-state index is 0.280. The van der Waals surface area contributed by atoms with Crippen LogP contribution in [0.5, 0.6) is 0 Å². The molecule has 1 N–H and O–H groups in total. The Morgan fingerprint density at radius 2 is 1.93 bits per heavy atom. The van der Waals surface area contributed by atoms with Crippen molar-refractivity contribution in [3.05, 3.63) is 89.0 Å². The number of halogens is 1. The van der Waals surface area contributed by atoms with E-state index in [1.807, 2.05) is 48.0 Å². The van der Waals surface area contributed by atoms with Gasteiger partial charge in [-0.1, -0.05) is 36.4 Å². The lowest BCUT2D eigenvalue weighted by Crippen LogP contribution is -2.14. The maximum Gasteiger partial charge on any atom is 0.256 e. The Bertz CT molecular complexity index is 1250. The number of pyridine rings is 1. The van der Waals surface area contributed by atoms with Crippen LogP contribution in [-0.2, 0) is 6.54 Å². The van der Waals surface area contributed by atoms with E-state index >= 15 is 0 Å². The first-order chi connectivity index (χ1) is 14.6. The molecule has 1 saturated carbocycles. The fourth-order valence-corrected chi connectivity index (χ4v) is 3.77. The second-order valence-electron chi connectivity index (χ2n) is 7.76. The predicted molar refractivity (Wildman–Crippen MR) is 114 cm³/mol. The van der Waals surface area contributed by atoms with Gasteiger partial charge in [-0.3, -0.25) is 4.79 Å². The summed E-state index contributed by atoms with van der Waals surface area (Å²) in [6.45, 7) is 2.47. The van der Waals surface area contributed by atoms with Crippen LogP contribution in [0, 0.1) is 12.7 Å². The van der Waals surface area contributed by atoms with E-state index < -0.39 is 5.82 Å². The van der Waals surface area contributed by atoms with E-state index in [4.69, 9.17) is 4.98 Å². The maximum atomic E-state index is 13.6. The molecule has 5 nitrogen and oxygen atoms in total. The minimum Gasteiger partial charge on any atom is -0.322 e. The number of benzene rings is 2. The van der Waals surface area contributed by atoms with Gasteiger partial charge in [-0.15, -0.1) is 0 Å². The Morgan fingerprint density at radius 1 is 1.13 bits per heavy atom. The molecule has 5 rings (SSSR count). The third kappa shape index (κ3) is 3.56. The summed E-state index contributed by atoms with van der Waals surface area (Å²) in [6, 6.07) is 17.8. The number of carbonyl (C=O) groups is 1. The van der Waals surface area contributed by atoms with Crippen LogP contribution < -0.4 is 5.32 Å². The van der Waals surface area contributed by atoms with Gasteiger partial charge in [0.05, 0.1) is 23.2 Å². The van der Waals surface area contributed by atoms with Crippen LogP contribution in [0.15, 0.2) is 60.7 Å². The number of rotatable bonds is 5. The fourth-order valence-electron chi connectivity index (χ4n) is 3.77. The van der Waals surface area contributed by atoms with Gasteiger partial charge in [0.15, 0.2) is 5.65 Å². The molecule has 30 heavy (non-hydrogen) atoms. The lowest BCUT2D eigenvalue weighted by molar-refractivity contribution is 0.102. The van der Waals surface area contributed by atoms with E-state index in [1.54, 1.807) is 12.1 Å².